The molecule has 2 rings (SSSR count). The summed E-state index contributed by atoms with van der Waals surface area (Å²) in [6, 6.07) is 13.4. The van der Waals surface area contributed by atoms with E-state index in [1.54, 1.807) is 13.2 Å². The van der Waals surface area contributed by atoms with Gasteiger partial charge in [-0.2, -0.15) is 4.72 Å². The predicted molar refractivity (Wildman–Crippen MR) is 98.8 cm³/mol. The molecule has 136 valence electrons. The highest BCUT2D eigenvalue weighted by Crippen LogP contribution is 2.12. The van der Waals surface area contributed by atoms with Gasteiger partial charge < -0.3 is 10.1 Å². The van der Waals surface area contributed by atoms with Crippen LogP contribution in [0, 0.1) is 12.3 Å². The second-order valence-electron chi connectivity index (χ2n) is 5.49. The Bertz CT molecular complexity index is 900. The number of rotatable bonds is 8. The number of hydrogen-bond acceptors (Lipinski definition) is 4. The predicted octanol–water partition coefficient (Wildman–Crippen LogP) is 1.67. The fraction of sp³-hybridized carbons (Fsp3) is 0.211. The van der Waals surface area contributed by atoms with E-state index in [9.17, 15) is 13.2 Å². The third kappa shape index (κ3) is 5.43. The lowest BCUT2D eigenvalue weighted by Gasteiger charge is -2.08. The van der Waals surface area contributed by atoms with Crippen LogP contribution in [-0.2, 0) is 27.9 Å². The first-order chi connectivity index (χ1) is 12.5. The highest BCUT2D eigenvalue weighted by atomic mass is 32.2. The molecular formula is C19H20N2O4S. The van der Waals surface area contributed by atoms with Gasteiger partial charge in [0.25, 0.3) is 5.91 Å². The van der Waals surface area contributed by atoms with E-state index in [4.69, 9.17) is 11.2 Å². The summed E-state index contributed by atoms with van der Waals surface area (Å²) in [5.74, 6) is 1.84. The molecule has 6 nitrogen and oxygen atoms in total. The van der Waals surface area contributed by atoms with E-state index in [1.807, 2.05) is 24.3 Å². The number of sulfonamides is 1. The molecule has 0 unspecified atom stereocenters. The Morgan fingerprint density at radius 1 is 1.15 bits per heavy atom. The van der Waals surface area contributed by atoms with Gasteiger partial charge in [0.1, 0.15) is 0 Å². The molecule has 0 bridgehead atoms. The van der Waals surface area contributed by atoms with Crippen LogP contribution in [0.3, 0.4) is 0 Å². The smallest absolute Gasteiger partial charge is 0.251 e. The van der Waals surface area contributed by atoms with Crippen molar-refractivity contribution in [2.24, 2.45) is 0 Å². The van der Waals surface area contributed by atoms with Crippen LogP contribution in [0.25, 0.3) is 0 Å². The average Bonchev–Trinajstić information content (AvgIpc) is 2.66. The second-order valence-corrected chi connectivity index (χ2v) is 7.26. The molecule has 1 amide bonds. The molecule has 0 aliphatic heterocycles. The number of hydrogen-bond donors (Lipinski definition) is 2. The summed E-state index contributed by atoms with van der Waals surface area (Å²) in [5, 5.41) is 2.77. The van der Waals surface area contributed by atoms with Crippen LogP contribution < -0.4 is 10.0 Å². The van der Waals surface area contributed by atoms with Crippen molar-refractivity contribution < 1.29 is 17.9 Å². The van der Waals surface area contributed by atoms with Crippen molar-refractivity contribution in [3.63, 3.8) is 0 Å². The highest BCUT2D eigenvalue weighted by molar-refractivity contribution is 7.89. The molecule has 7 heteroatoms. The van der Waals surface area contributed by atoms with Crippen LogP contribution in [0.4, 0.5) is 0 Å². The van der Waals surface area contributed by atoms with E-state index < -0.39 is 10.0 Å². The topological polar surface area (TPSA) is 84.5 Å². The van der Waals surface area contributed by atoms with E-state index in [2.05, 4.69) is 16.0 Å². The summed E-state index contributed by atoms with van der Waals surface area (Å²) >= 11 is 0. The number of carbonyl (C=O) groups excluding carboxylic acids is 1. The van der Waals surface area contributed by atoms with Gasteiger partial charge in [0, 0.05) is 19.2 Å². The molecule has 0 heterocycles. The summed E-state index contributed by atoms with van der Waals surface area (Å²) in [6.45, 7) is 0.748. The van der Waals surface area contributed by atoms with E-state index in [-0.39, 0.29) is 22.9 Å². The van der Waals surface area contributed by atoms with Gasteiger partial charge in [-0.25, -0.2) is 8.42 Å². The lowest BCUT2D eigenvalue weighted by Crippen LogP contribution is -2.25. The van der Waals surface area contributed by atoms with Crippen molar-refractivity contribution in [1.29, 1.82) is 0 Å². The molecule has 0 saturated carbocycles. The van der Waals surface area contributed by atoms with Crippen molar-refractivity contribution in [3.8, 4) is 12.3 Å². The number of nitrogens with one attached hydrogen (secondary N) is 2. The first-order valence-corrected chi connectivity index (χ1v) is 9.32. The molecule has 0 radical (unpaired) electrons. The highest BCUT2D eigenvalue weighted by Gasteiger charge is 2.15. The number of carbonyl (C=O) groups is 1. The first kappa shape index (κ1) is 19.7. The fourth-order valence-corrected chi connectivity index (χ4v) is 3.21. The van der Waals surface area contributed by atoms with Crippen molar-refractivity contribution in [2.75, 3.05) is 13.7 Å². The molecule has 0 aliphatic carbocycles. The third-order valence-electron chi connectivity index (χ3n) is 3.56. The minimum Gasteiger partial charge on any atom is -0.380 e. The Morgan fingerprint density at radius 3 is 2.50 bits per heavy atom. The van der Waals surface area contributed by atoms with Crippen LogP contribution in [-0.4, -0.2) is 28.0 Å². The third-order valence-corrected chi connectivity index (χ3v) is 4.96. The molecule has 0 spiro atoms. The van der Waals surface area contributed by atoms with E-state index in [1.165, 1.54) is 18.2 Å². The number of ether oxygens (including phenoxy) is 1. The molecule has 0 saturated heterocycles. The van der Waals surface area contributed by atoms with Crippen molar-refractivity contribution in [3.05, 3.63) is 65.2 Å². The number of terminal acetylenes is 1. The lowest BCUT2D eigenvalue weighted by molar-refractivity contribution is 0.0950. The summed E-state index contributed by atoms with van der Waals surface area (Å²) < 4.78 is 31.5. The van der Waals surface area contributed by atoms with Crippen LogP contribution in [0.2, 0.25) is 0 Å². The zero-order valence-electron chi connectivity index (χ0n) is 14.4. The Labute approximate surface area is 153 Å². The zero-order valence-corrected chi connectivity index (χ0v) is 15.2. The molecule has 2 N–H and O–H groups in total. The largest absolute Gasteiger partial charge is 0.380 e. The van der Waals surface area contributed by atoms with Gasteiger partial charge in [-0.05, 0) is 29.3 Å². The van der Waals surface area contributed by atoms with Gasteiger partial charge in [-0.1, -0.05) is 36.3 Å². The Hall–Kier alpha value is -2.66. The van der Waals surface area contributed by atoms with Gasteiger partial charge in [0.15, 0.2) is 0 Å². The number of methoxy groups -OCH3 is 1. The minimum atomic E-state index is -3.74. The quantitative estimate of drug-likeness (QED) is 0.691. The molecule has 0 fully saturated rings. The SMILES string of the molecule is C#CCNS(=O)(=O)c1cccc(C(=O)NCc2ccc(COC)cc2)c1. The van der Waals surface area contributed by atoms with Crippen LogP contribution in [0.1, 0.15) is 21.5 Å². The molecule has 2 aromatic rings. The lowest BCUT2D eigenvalue weighted by atomic mass is 10.1. The molecule has 2 aromatic carbocycles. The Balaban J connectivity index is 2.03. The molecule has 0 atom stereocenters. The standard InChI is InChI=1S/C19H20N2O4S/c1-3-11-21-26(23,24)18-6-4-5-17(12-18)19(22)20-13-15-7-9-16(10-8-15)14-25-2/h1,4-10,12,21H,11,13-14H2,2H3,(H,20,22). The minimum absolute atomic E-state index is 0.00989. The zero-order chi connectivity index (χ0) is 19.0. The Kier molecular flexibility index (Phi) is 6.92. The number of benzene rings is 2. The maximum absolute atomic E-state index is 12.3. The van der Waals surface area contributed by atoms with Crippen molar-refractivity contribution in [2.45, 2.75) is 18.0 Å². The van der Waals surface area contributed by atoms with Gasteiger partial charge >= 0.3 is 0 Å². The van der Waals surface area contributed by atoms with Crippen molar-refractivity contribution >= 4 is 15.9 Å². The van der Waals surface area contributed by atoms with Crippen LogP contribution >= 0.6 is 0 Å². The number of amides is 1. The Morgan fingerprint density at radius 2 is 1.85 bits per heavy atom. The summed E-state index contributed by atoms with van der Waals surface area (Å²) in [4.78, 5) is 12.3. The average molecular weight is 372 g/mol. The van der Waals surface area contributed by atoms with E-state index in [0.29, 0.717) is 13.2 Å². The second kappa shape index (κ2) is 9.15. The summed E-state index contributed by atoms with van der Waals surface area (Å²) in [6.07, 6.45) is 5.06. The van der Waals surface area contributed by atoms with Gasteiger partial charge in [0.2, 0.25) is 10.0 Å². The fourth-order valence-electron chi connectivity index (χ4n) is 2.23. The molecule has 26 heavy (non-hydrogen) atoms. The van der Waals surface area contributed by atoms with Crippen LogP contribution in [0.15, 0.2) is 53.4 Å². The van der Waals surface area contributed by atoms with Gasteiger partial charge in [-0.3, -0.25) is 4.79 Å². The summed E-state index contributed by atoms with van der Waals surface area (Å²) in [5.41, 5.74) is 2.22. The van der Waals surface area contributed by atoms with Crippen molar-refractivity contribution in [1.82, 2.24) is 10.0 Å². The van der Waals surface area contributed by atoms with Gasteiger partial charge in [-0.15, -0.1) is 6.42 Å². The maximum atomic E-state index is 12.3. The molecule has 0 aliphatic rings. The maximum Gasteiger partial charge on any atom is 0.251 e. The molecule has 0 aromatic heterocycles. The molecular weight excluding hydrogens is 352 g/mol. The monoisotopic (exact) mass is 372 g/mol. The van der Waals surface area contributed by atoms with Gasteiger partial charge in [0.05, 0.1) is 18.0 Å². The van der Waals surface area contributed by atoms with Crippen LogP contribution in [0.5, 0.6) is 0 Å². The van der Waals surface area contributed by atoms with E-state index in [0.717, 1.165) is 11.1 Å². The van der Waals surface area contributed by atoms with E-state index >= 15 is 0 Å². The normalized spacial score (nSPS) is 10.9. The summed E-state index contributed by atoms with van der Waals surface area (Å²) in [7, 11) is -2.11. The first-order valence-electron chi connectivity index (χ1n) is 7.84.